The topological polar surface area (TPSA) is 110 Å². The largest absolute Gasteiger partial charge is 0.503 e. The minimum atomic E-state index is -5.76. The van der Waals surface area contributed by atoms with E-state index in [1.165, 1.54) is 6.07 Å². The van der Waals surface area contributed by atoms with Crippen LogP contribution in [0.2, 0.25) is 0 Å². The van der Waals surface area contributed by atoms with Gasteiger partial charge in [0.05, 0.1) is 12.1 Å². The fraction of sp³-hybridized carbons (Fsp3) is 0.385. The van der Waals surface area contributed by atoms with E-state index in [-0.39, 0.29) is 12.6 Å². The summed E-state index contributed by atoms with van der Waals surface area (Å²) in [6, 6.07) is 2.30. The number of pyridine rings is 1. The Bertz CT molecular complexity index is 1010. The Balaban J connectivity index is 1.85. The highest BCUT2D eigenvalue weighted by Crippen LogP contribution is 2.35. The van der Waals surface area contributed by atoms with Crippen molar-refractivity contribution in [2.45, 2.75) is 36.0 Å². The molecule has 1 amide bonds. The molecule has 2 aromatic heterocycles. The second-order valence-electron chi connectivity index (χ2n) is 5.53. The van der Waals surface area contributed by atoms with Crippen LogP contribution in [0.3, 0.4) is 0 Å². The lowest BCUT2D eigenvalue weighted by molar-refractivity contribution is -0.0438. The van der Waals surface area contributed by atoms with Crippen molar-refractivity contribution in [3.63, 3.8) is 0 Å². The van der Waals surface area contributed by atoms with Crippen LogP contribution in [0.25, 0.3) is 0 Å². The van der Waals surface area contributed by atoms with Gasteiger partial charge < -0.3 is 5.32 Å². The van der Waals surface area contributed by atoms with E-state index in [9.17, 15) is 26.4 Å². The van der Waals surface area contributed by atoms with E-state index in [2.05, 4.69) is 20.5 Å². The normalized spacial score (nSPS) is 15.0. The Hall–Kier alpha value is -2.28. The van der Waals surface area contributed by atoms with Gasteiger partial charge in [-0.15, -0.1) is 0 Å². The van der Waals surface area contributed by atoms with Crippen LogP contribution < -0.4 is 5.32 Å². The van der Waals surface area contributed by atoms with Crippen LogP contribution in [0.15, 0.2) is 23.4 Å². The van der Waals surface area contributed by atoms with E-state index in [0.717, 1.165) is 25.1 Å². The van der Waals surface area contributed by atoms with Gasteiger partial charge in [-0.1, -0.05) is 0 Å². The summed E-state index contributed by atoms with van der Waals surface area (Å²) in [5.41, 5.74) is -6.26. The molecule has 0 atom stereocenters. The number of aromatic nitrogens is 4. The molecule has 0 radical (unpaired) electrons. The lowest BCUT2D eigenvalue weighted by Crippen LogP contribution is -2.30. The fourth-order valence-electron chi connectivity index (χ4n) is 2.31. The number of halogens is 3. The molecule has 2 heterocycles. The summed E-state index contributed by atoms with van der Waals surface area (Å²) in [4.78, 5) is 15.5. The molecule has 140 valence electrons. The van der Waals surface area contributed by atoms with E-state index in [1.807, 2.05) is 0 Å². The maximum atomic E-state index is 12.8. The number of H-pyrrole nitrogens is 1. The highest BCUT2D eigenvalue weighted by atomic mass is 32.2. The number of alkyl halides is 3. The molecule has 0 spiro atoms. The third-order valence-corrected chi connectivity index (χ3v) is 5.40. The molecule has 26 heavy (non-hydrogen) atoms. The molecule has 1 fully saturated rings. The molecule has 0 aromatic carbocycles. The first-order valence-electron chi connectivity index (χ1n) is 7.33. The monoisotopic (exact) mass is 407 g/mol. The molecule has 2 N–H and O–H groups in total. The number of nitrogens with one attached hydrogen (secondary N) is 2. The van der Waals surface area contributed by atoms with Crippen molar-refractivity contribution in [3.05, 3.63) is 34.5 Å². The first-order chi connectivity index (χ1) is 12.1. The third kappa shape index (κ3) is 3.35. The van der Waals surface area contributed by atoms with Gasteiger partial charge in [0.2, 0.25) is 0 Å². The molecule has 1 aliphatic carbocycles. The molecule has 0 bridgehead atoms. The zero-order valence-electron chi connectivity index (χ0n) is 12.9. The molecule has 1 aliphatic rings. The van der Waals surface area contributed by atoms with Crippen molar-refractivity contribution in [2.75, 3.05) is 0 Å². The third-order valence-electron chi connectivity index (χ3n) is 3.67. The van der Waals surface area contributed by atoms with Gasteiger partial charge in [-0.3, -0.25) is 14.5 Å². The quantitative estimate of drug-likeness (QED) is 0.733. The predicted molar refractivity (Wildman–Crippen MR) is 84.3 cm³/mol. The van der Waals surface area contributed by atoms with Gasteiger partial charge in [0.1, 0.15) is 0 Å². The maximum Gasteiger partial charge on any atom is 0.503 e. The van der Waals surface area contributed by atoms with E-state index in [1.54, 1.807) is 4.57 Å². The second-order valence-corrected chi connectivity index (χ2v) is 7.78. The molecular weight excluding hydrogens is 395 g/mol. The molecular formula is C13H12F3N5O3S2. The van der Waals surface area contributed by atoms with Crippen molar-refractivity contribution in [1.82, 2.24) is 25.1 Å². The first-order valence-corrected chi connectivity index (χ1v) is 9.22. The van der Waals surface area contributed by atoms with E-state index in [0.29, 0.717) is 10.6 Å². The van der Waals surface area contributed by atoms with E-state index in [4.69, 9.17) is 12.2 Å². The van der Waals surface area contributed by atoms with Gasteiger partial charge in [-0.2, -0.15) is 18.3 Å². The van der Waals surface area contributed by atoms with Crippen molar-refractivity contribution >= 4 is 28.0 Å². The number of hydrogen-bond donors (Lipinski definition) is 2. The average molecular weight is 407 g/mol. The van der Waals surface area contributed by atoms with Crippen molar-refractivity contribution < 1.29 is 26.4 Å². The van der Waals surface area contributed by atoms with Crippen molar-refractivity contribution in [2.24, 2.45) is 0 Å². The molecule has 1 saturated carbocycles. The summed E-state index contributed by atoms with van der Waals surface area (Å²) in [6.45, 7) is -0.136. The summed E-state index contributed by atoms with van der Waals surface area (Å²) >= 11 is 5.09. The van der Waals surface area contributed by atoms with E-state index < -0.39 is 31.8 Å². The smallest absolute Gasteiger partial charge is 0.345 e. The standard InChI is InChI=1S/C13H12F3N5O3S2/c14-13(15,16)26(23,24)11-8(2-1-5-17-11)10(22)18-6-9-19-20-12(25)21(9)7-3-4-7/h1-2,5,7H,3-4,6H2,(H,18,22)(H,20,25). The summed E-state index contributed by atoms with van der Waals surface area (Å²) < 4.78 is 63.6. The number of hydrogen-bond acceptors (Lipinski definition) is 6. The van der Waals surface area contributed by atoms with Crippen LogP contribution in [0.5, 0.6) is 0 Å². The minimum absolute atomic E-state index is 0.136. The zero-order valence-corrected chi connectivity index (χ0v) is 14.6. The number of rotatable bonds is 5. The van der Waals surface area contributed by atoms with Gasteiger partial charge in [0.15, 0.2) is 15.6 Å². The molecule has 2 aromatic rings. The minimum Gasteiger partial charge on any atom is -0.345 e. The predicted octanol–water partition coefficient (Wildman–Crippen LogP) is 1.89. The summed E-state index contributed by atoms with van der Waals surface area (Å²) in [5.74, 6) is -0.618. The summed E-state index contributed by atoms with van der Waals surface area (Å²) in [6.07, 6.45) is 2.68. The van der Waals surface area contributed by atoms with Crippen LogP contribution in [0, 0.1) is 4.77 Å². The SMILES string of the molecule is O=C(NCc1n[nH]c(=S)n1C1CC1)c1cccnc1S(=O)(=O)C(F)(F)F. The fourth-order valence-corrected chi connectivity index (χ4v) is 3.48. The van der Waals surface area contributed by atoms with Crippen LogP contribution >= 0.6 is 12.2 Å². The van der Waals surface area contributed by atoms with Crippen LogP contribution in [0.1, 0.15) is 35.1 Å². The summed E-state index contributed by atoms with van der Waals surface area (Å²) in [7, 11) is -5.76. The molecule has 0 unspecified atom stereocenters. The van der Waals surface area contributed by atoms with Crippen LogP contribution in [0.4, 0.5) is 13.2 Å². The van der Waals surface area contributed by atoms with Gasteiger partial charge >= 0.3 is 5.51 Å². The number of nitrogens with zero attached hydrogens (tertiary/aromatic N) is 3. The molecule has 8 nitrogen and oxygen atoms in total. The Morgan fingerprint density at radius 1 is 1.42 bits per heavy atom. The highest BCUT2D eigenvalue weighted by Gasteiger charge is 2.49. The number of sulfone groups is 1. The lowest BCUT2D eigenvalue weighted by Gasteiger charge is -2.12. The number of amides is 1. The van der Waals surface area contributed by atoms with Gasteiger partial charge in [0.25, 0.3) is 15.7 Å². The van der Waals surface area contributed by atoms with Gasteiger partial charge in [-0.05, 0) is 37.2 Å². The van der Waals surface area contributed by atoms with Crippen LogP contribution in [-0.2, 0) is 16.4 Å². The molecule has 3 rings (SSSR count). The van der Waals surface area contributed by atoms with Gasteiger partial charge in [0, 0.05) is 12.2 Å². The van der Waals surface area contributed by atoms with Crippen LogP contribution in [-0.4, -0.2) is 39.6 Å². The zero-order chi connectivity index (χ0) is 19.1. The average Bonchev–Trinajstić information content (AvgIpc) is 3.34. The summed E-state index contributed by atoms with van der Waals surface area (Å²) in [5, 5.41) is 7.57. The molecule has 0 saturated heterocycles. The number of aromatic amines is 1. The second kappa shape index (κ2) is 6.46. The Labute approximate surface area is 150 Å². The Kier molecular flexibility index (Phi) is 4.60. The van der Waals surface area contributed by atoms with E-state index >= 15 is 0 Å². The van der Waals surface area contributed by atoms with Gasteiger partial charge in [-0.25, -0.2) is 13.4 Å². The molecule has 0 aliphatic heterocycles. The number of carbonyl (C=O) groups is 1. The van der Waals surface area contributed by atoms with Crippen molar-refractivity contribution in [3.8, 4) is 0 Å². The number of carbonyl (C=O) groups excluding carboxylic acids is 1. The Morgan fingerprint density at radius 3 is 2.73 bits per heavy atom. The maximum absolute atomic E-state index is 12.8. The highest BCUT2D eigenvalue weighted by molar-refractivity contribution is 7.92. The van der Waals surface area contributed by atoms with Crippen molar-refractivity contribution in [1.29, 1.82) is 0 Å². The Morgan fingerprint density at radius 2 is 2.12 bits per heavy atom. The molecule has 13 heteroatoms. The lowest BCUT2D eigenvalue weighted by atomic mass is 10.2. The first kappa shape index (κ1) is 18.5.